The second-order valence-electron chi connectivity index (χ2n) is 28.7. The molecule has 2 saturated heterocycles. The third-order valence-corrected chi connectivity index (χ3v) is 21.3. The second-order valence-corrected chi connectivity index (χ2v) is 30.7. The van der Waals surface area contributed by atoms with Gasteiger partial charge in [0.2, 0.25) is 10.0 Å². The Balaban J connectivity index is 0.000000241. The predicted octanol–water partition coefficient (Wildman–Crippen LogP) is 10.5. The van der Waals surface area contributed by atoms with Gasteiger partial charge in [-0.3, -0.25) is 43.2 Å². The lowest BCUT2D eigenvalue weighted by atomic mass is 9.76. The standard InChI is InChI=1S/C27H36FN5O3.C24H31FN4O5S.C24H32FN3O3/c1-8-29-19(5)33-13-11-27(6,12-14-33)31-26(36)24(34)23-17(3)22(18(4)32(23)7)25(35)30-20-9-10-21(28)16(2)15-20;1-14-13-17(7-8-18(14)25)26-22(31)19-15(2)20(28(5)16(19)3)21(30)23(32)27-24(4)9-11-29(12-10-24)35(6,33)34;1-13-12-16(10-11-17(13)25)26-21(30)18-14(2)19(28(9)15(18)3)20(29)22(31)27-24(7,8)23(4,5)6/h9-10,15,29H,5,8,11-14H2,1-4,6-7H3,(H,30,35)(H,31,36);7-8,13H,9-12H2,1-6H3,(H,26,31)(H,27,32);10-12H,1-9H3,(H,26,30)(H,27,31). The largest absolute Gasteiger partial charge is 0.373 e. The number of anilines is 3. The van der Waals surface area contributed by atoms with Crippen LogP contribution < -0.4 is 37.2 Å². The number of nitrogens with one attached hydrogen (secondary N) is 7. The first-order valence-corrected chi connectivity index (χ1v) is 35.4. The third-order valence-electron chi connectivity index (χ3n) is 20.0. The number of sulfonamides is 1. The van der Waals surface area contributed by atoms with Crippen LogP contribution in [0.3, 0.4) is 0 Å². The molecule has 0 bridgehead atoms. The van der Waals surface area contributed by atoms with Crippen molar-refractivity contribution in [3.63, 3.8) is 0 Å². The van der Waals surface area contributed by atoms with Crippen LogP contribution in [0.4, 0.5) is 30.2 Å². The molecule has 0 atom stereocenters. The van der Waals surface area contributed by atoms with E-state index in [0.29, 0.717) is 117 Å². The lowest BCUT2D eigenvalue weighted by Crippen LogP contribution is -2.55. The normalized spacial score (nSPS) is 14.4. The number of aryl methyl sites for hydroxylation is 3. The highest BCUT2D eigenvalue weighted by Gasteiger charge is 2.41. The highest BCUT2D eigenvalue weighted by atomic mass is 32.2. The fourth-order valence-corrected chi connectivity index (χ4v) is 13.2. The zero-order valence-corrected chi connectivity index (χ0v) is 63.4. The fraction of sp³-hybridized carbons (Fsp3) is 0.453. The summed E-state index contributed by atoms with van der Waals surface area (Å²) in [6.07, 6.45) is 3.23. The summed E-state index contributed by atoms with van der Waals surface area (Å²) in [7, 11) is 1.60. The molecule has 102 heavy (non-hydrogen) atoms. The maximum atomic E-state index is 13.6. The summed E-state index contributed by atoms with van der Waals surface area (Å²) in [5.74, 6) is -5.95. The summed E-state index contributed by atoms with van der Waals surface area (Å²) < 4.78 is 70.2. The van der Waals surface area contributed by atoms with E-state index in [1.54, 1.807) is 106 Å². The minimum Gasteiger partial charge on any atom is -0.373 e. The van der Waals surface area contributed by atoms with Crippen molar-refractivity contribution in [2.24, 2.45) is 26.6 Å². The number of benzene rings is 3. The van der Waals surface area contributed by atoms with Gasteiger partial charge in [-0.2, -0.15) is 0 Å². The van der Waals surface area contributed by atoms with Gasteiger partial charge in [0.15, 0.2) is 0 Å². The predicted molar refractivity (Wildman–Crippen MR) is 389 cm³/mol. The smallest absolute Gasteiger partial charge is 0.294 e. The zero-order chi connectivity index (χ0) is 77.0. The maximum absolute atomic E-state index is 13.6. The van der Waals surface area contributed by atoms with Crippen molar-refractivity contribution in [3.05, 3.63) is 169 Å². The Bertz CT molecular complexity index is 4460. The van der Waals surface area contributed by atoms with Gasteiger partial charge in [0, 0.05) is 105 Å². The third kappa shape index (κ3) is 18.3. The van der Waals surface area contributed by atoms with Gasteiger partial charge >= 0.3 is 0 Å². The first kappa shape index (κ1) is 81.3. The molecule has 6 aromatic rings. The van der Waals surface area contributed by atoms with E-state index in [1.165, 1.54) is 57.4 Å². The number of carbonyl (C=O) groups excluding carboxylic acids is 9. The fourth-order valence-electron chi connectivity index (χ4n) is 12.3. The van der Waals surface area contributed by atoms with E-state index in [2.05, 4.69) is 48.7 Å². The average molecular weight is 1430 g/mol. The molecule has 0 spiro atoms. The first-order chi connectivity index (χ1) is 47.1. The van der Waals surface area contributed by atoms with Crippen molar-refractivity contribution in [1.82, 2.24) is 44.2 Å². The molecule has 0 unspecified atom stereocenters. The molecule has 0 aliphatic carbocycles. The Labute approximate surface area is 596 Å². The molecule has 2 aliphatic heterocycles. The number of rotatable bonds is 19. The van der Waals surface area contributed by atoms with Gasteiger partial charge in [-0.25, -0.2) is 25.9 Å². The van der Waals surface area contributed by atoms with E-state index in [1.807, 2.05) is 48.5 Å². The van der Waals surface area contributed by atoms with Gasteiger partial charge in [-0.05, 0) is 216 Å². The van der Waals surface area contributed by atoms with Crippen LogP contribution >= 0.6 is 0 Å². The number of aromatic nitrogens is 3. The first-order valence-electron chi connectivity index (χ1n) is 33.5. The summed E-state index contributed by atoms with van der Waals surface area (Å²) in [6.45, 7) is 37.0. The van der Waals surface area contributed by atoms with Crippen molar-refractivity contribution in [2.45, 2.75) is 160 Å². The topological polar surface area (TPSA) is 293 Å². The number of Topliss-reactive ketones (excluding diaryl/α,β-unsaturated/α-hetero) is 3. The molecule has 5 heterocycles. The van der Waals surface area contributed by atoms with Gasteiger partial charge in [-0.1, -0.05) is 27.4 Å². The molecule has 2 fully saturated rings. The number of hydrogen-bond acceptors (Lipinski definition) is 13. The highest BCUT2D eigenvalue weighted by Crippen LogP contribution is 2.33. The molecule has 6 amide bonds. The van der Waals surface area contributed by atoms with Crippen LogP contribution in [0.15, 0.2) is 67.0 Å². The summed E-state index contributed by atoms with van der Waals surface area (Å²) in [5.41, 5.74) is 4.52. The Morgan fingerprint density at radius 2 is 0.794 bits per heavy atom. The summed E-state index contributed by atoms with van der Waals surface area (Å²) >= 11 is 0. The Hall–Kier alpha value is -9.63. The van der Waals surface area contributed by atoms with E-state index in [0.717, 1.165) is 18.6 Å². The van der Waals surface area contributed by atoms with Gasteiger partial charge in [-0.15, -0.1) is 0 Å². The van der Waals surface area contributed by atoms with Gasteiger partial charge in [0.1, 0.15) is 17.5 Å². The van der Waals surface area contributed by atoms with Gasteiger partial charge < -0.3 is 55.8 Å². The lowest BCUT2D eigenvalue weighted by molar-refractivity contribution is -0.120. The number of nitrogens with zero attached hydrogens (tertiary/aromatic N) is 5. The van der Waals surface area contributed by atoms with Crippen molar-refractivity contribution in [1.29, 1.82) is 0 Å². The quantitative estimate of drug-likeness (QED) is 0.0294. The number of piperidine rings is 2. The Morgan fingerprint density at radius 3 is 1.07 bits per heavy atom. The Morgan fingerprint density at radius 1 is 0.500 bits per heavy atom. The molecule has 27 heteroatoms. The van der Waals surface area contributed by atoms with Crippen molar-refractivity contribution in [2.75, 3.05) is 54.9 Å². The average Bonchev–Trinajstić information content (AvgIpc) is 1.63. The van der Waals surface area contributed by atoms with Crippen LogP contribution in [-0.2, 0) is 45.5 Å². The number of likely N-dealkylation sites (tertiary alicyclic amines) is 1. The molecular weight excluding hydrogens is 1330 g/mol. The van der Waals surface area contributed by atoms with Gasteiger partial charge in [0.25, 0.3) is 52.8 Å². The minimum absolute atomic E-state index is 0.0950. The molecule has 552 valence electrons. The number of ketones is 3. The van der Waals surface area contributed by atoms with Crippen molar-refractivity contribution >= 4 is 79.9 Å². The van der Waals surface area contributed by atoms with Crippen LogP contribution in [0.5, 0.6) is 0 Å². The number of hydrogen-bond donors (Lipinski definition) is 7. The minimum atomic E-state index is -3.32. The molecule has 7 N–H and O–H groups in total. The zero-order valence-electron chi connectivity index (χ0n) is 62.5. The lowest BCUT2D eigenvalue weighted by Gasteiger charge is -2.41. The summed E-state index contributed by atoms with van der Waals surface area (Å²) in [6, 6.07) is 12.8. The summed E-state index contributed by atoms with van der Waals surface area (Å²) in [5, 5.41) is 20.0. The van der Waals surface area contributed by atoms with Crippen molar-refractivity contribution < 1.29 is 64.7 Å². The molecule has 2 aliphatic rings. The molecule has 3 aromatic heterocycles. The van der Waals surface area contributed by atoms with Crippen LogP contribution in [0.2, 0.25) is 0 Å². The molecule has 8 rings (SSSR count). The molecule has 0 saturated carbocycles. The van der Waals surface area contributed by atoms with E-state index in [9.17, 15) is 64.7 Å². The van der Waals surface area contributed by atoms with Crippen LogP contribution in [0.1, 0.15) is 194 Å². The highest BCUT2D eigenvalue weighted by molar-refractivity contribution is 7.88. The van der Waals surface area contributed by atoms with E-state index >= 15 is 0 Å². The van der Waals surface area contributed by atoms with E-state index < -0.39 is 79.4 Å². The van der Waals surface area contributed by atoms with E-state index in [4.69, 9.17) is 0 Å². The van der Waals surface area contributed by atoms with Crippen molar-refractivity contribution in [3.8, 4) is 0 Å². The van der Waals surface area contributed by atoms with Gasteiger partial charge in [0.05, 0.1) is 45.8 Å². The molecule has 23 nitrogen and oxygen atoms in total. The molecular formula is C75H99F3N12O11S. The van der Waals surface area contributed by atoms with Crippen LogP contribution in [0, 0.1) is 85.2 Å². The maximum Gasteiger partial charge on any atom is 0.294 e. The SMILES string of the molecule is C=C(NCC)N1CCC(C)(NC(=O)C(=O)c2c(C)c(C(=O)Nc3ccc(F)c(C)c3)c(C)n2C)CC1.Cc1cc(NC(=O)c2c(C)c(C(=O)C(=O)NC(C)(C)C(C)(C)C)n(C)c2C)ccc1F.Cc1cc(NC(=O)c2c(C)c(C(=O)C(=O)NC3(C)CCN(S(C)(=O)=O)CC3)n(C)c2C)ccc1F. The monoisotopic (exact) mass is 1430 g/mol. The van der Waals surface area contributed by atoms with Crippen LogP contribution in [-0.4, -0.2) is 140 Å². The number of amides is 6. The molecule has 0 radical (unpaired) electrons. The second kappa shape index (κ2) is 31.7. The molecule has 3 aromatic carbocycles. The van der Waals surface area contributed by atoms with Crippen LogP contribution in [0.25, 0.3) is 0 Å². The number of carbonyl (C=O) groups is 9. The van der Waals surface area contributed by atoms with E-state index in [-0.39, 0.29) is 58.6 Å². The Kier molecular flexibility index (Phi) is 25.3. The summed E-state index contributed by atoms with van der Waals surface area (Å²) in [4.78, 5) is 119. The number of halogens is 3.